The zero-order valence-electron chi connectivity index (χ0n) is 19.2. The minimum absolute atomic E-state index is 0.340. The second-order valence-corrected chi connectivity index (χ2v) is 8.02. The molecule has 0 aliphatic carbocycles. The molecule has 1 aromatic carbocycles. The van der Waals surface area contributed by atoms with Crippen LogP contribution in [0.15, 0.2) is 42.7 Å². The van der Waals surface area contributed by atoms with Gasteiger partial charge in [-0.3, -0.25) is 4.90 Å². The fourth-order valence-corrected chi connectivity index (χ4v) is 4.25. The van der Waals surface area contributed by atoms with Gasteiger partial charge in [0, 0.05) is 51.0 Å². The summed E-state index contributed by atoms with van der Waals surface area (Å²) in [4.78, 5) is 23.7. The van der Waals surface area contributed by atoms with Crippen LogP contribution in [0.4, 0.5) is 5.82 Å². The lowest BCUT2D eigenvalue weighted by molar-refractivity contribution is 0.0601. The number of carbonyl (C=O) groups excluding carboxylic acids is 1. The lowest BCUT2D eigenvalue weighted by atomic mass is 10.1. The number of piperazine rings is 1. The number of rotatable bonds is 8. The Labute approximate surface area is 189 Å². The van der Waals surface area contributed by atoms with E-state index in [0.717, 1.165) is 74.9 Å². The SMILES string of the molecule is CCN(CC)CCN1CCN(c2ccnc3c(-c4ccc(C(=O)OC)cc4)cnn23)CC1. The van der Waals surface area contributed by atoms with Gasteiger partial charge in [0.25, 0.3) is 0 Å². The largest absolute Gasteiger partial charge is 0.465 e. The number of carbonyl (C=O) groups is 1. The fraction of sp³-hybridized carbons (Fsp3) is 0.458. The van der Waals surface area contributed by atoms with E-state index in [-0.39, 0.29) is 5.97 Å². The number of hydrogen-bond acceptors (Lipinski definition) is 7. The van der Waals surface area contributed by atoms with Crippen molar-refractivity contribution in [2.24, 2.45) is 0 Å². The Morgan fingerprint density at radius 3 is 2.44 bits per heavy atom. The van der Waals surface area contributed by atoms with E-state index in [1.165, 1.54) is 7.11 Å². The number of ether oxygens (including phenoxy) is 1. The van der Waals surface area contributed by atoms with Crippen molar-refractivity contribution in [1.82, 2.24) is 24.4 Å². The van der Waals surface area contributed by atoms with Gasteiger partial charge >= 0.3 is 5.97 Å². The van der Waals surface area contributed by atoms with Crippen molar-refractivity contribution < 1.29 is 9.53 Å². The average molecular weight is 437 g/mol. The summed E-state index contributed by atoms with van der Waals surface area (Å²) < 4.78 is 6.71. The molecule has 0 spiro atoms. The zero-order valence-corrected chi connectivity index (χ0v) is 19.2. The zero-order chi connectivity index (χ0) is 22.5. The highest BCUT2D eigenvalue weighted by molar-refractivity contribution is 5.90. The molecule has 2 aromatic heterocycles. The smallest absolute Gasteiger partial charge is 0.337 e. The summed E-state index contributed by atoms with van der Waals surface area (Å²) in [6.07, 6.45) is 3.70. The van der Waals surface area contributed by atoms with E-state index in [0.29, 0.717) is 5.56 Å². The first kappa shape index (κ1) is 22.2. The van der Waals surface area contributed by atoms with Crippen LogP contribution in [0, 0.1) is 0 Å². The van der Waals surface area contributed by atoms with Gasteiger partial charge < -0.3 is 14.5 Å². The predicted octanol–water partition coefficient (Wildman–Crippen LogP) is 2.65. The topological polar surface area (TPSA) is 66.2 Å². The van der Waals surface area contributed by atoms with Gasteiger partial charge in [0.15, 0.2) is 5.65 Å². The Morgan fingerprint density at radius 2 is 1.78 bits per heavy atom. The van der Waals surface area contributed by atoms with Gasteiger partial charge in [0.05, 0.1) is 18.9 Å². The molecule has 1 fully saturated rings. The molecule has 4 rings (SSSR count). The highest BCUT2D eigenvalue weighted by Gasteiger charge is 2.21. The van der Waals surface area contributed by atoms with Crippen molar-refractivity contribution in [2.75, 3.05) is 64.4 Å². The third kappa shape index (κ3) is 4.61. The standard InChI is InChI=1S/C24H32N6O2/c1-4-27(5-2)12-13-28-14-16-29(17-15-28)22-10-11-25-23-21(18-26-30(22)23)19-6-8-20(9-7-19)24(31)32-3/h6-11,18H,4-5,12-17H2,1-3H3. The highest BCUT2D eigenvalue weighted by Crippen LogP contribution is 2.27. The van der Waals surface area contributed by atoms with E-state index in [4.69, 9.17) is 4.74 Å². The summed E-state index contributed by atoms with van der Waals surface area (Å²) in [6, 6.07) is 9.39. The van der Waals surface area contributed by atoms with Crippen molar-refractivity contribution in [3.63, 3.8) is 0 Å². The lowest BCUT2D eigenvalue weighted by Crippen LogP contribution is -2.49. The highest BCUT2D eigenvalue weighted by atomic mass is 16.5. The Hall–Kier alpha value is -2.97. The van der Waals surface area contributed by atoms with Gasteiger partial charge in [-0.1, -0.05) is 26.0 Å². The lowest BCUT2D eigenvalue weighted by Gasteiger charge is -2.36. The van der Waals surface area contributed by atoms with Gasteiger partial charge in [0.2, 0.25) is 0 Å². The molecule has 1 aliphatic heterocycles. The Bertz CT molecular complexity index is 1040. The minimum atomic E-state index is -0.340. The summed E-state index contributed by atoms with van der Waals surface area (Å²) in [5.41, 5.74) is 3.26. The molecule has 0 bridgehead atoms. The van der Waals surface area contributed by atoms with Crippen LogP contribution >= 0.6 is 0 Å². The minimum Gasteiger partial charge on any atom is -0.465 e. The maximum Gasteiger partial charge on any atom is 0.337 e. The van der Waals surface area contributed by atoms with Crippen molar-refractivity contribution >= 4 is 17.4 Å². The van der Waals surface area contributed by atoms with Gasteiger partial charge in [-0.05, 0) is 36.9 Å². The molecule has 8 heteroatoms. The molecular weight excluding hydrogens is 404 g/mol. The van der Waals surface area contributed by atoms with Gasteiger partial charge in [-0.25, -0.2) is 9.78 Å². The van der Waals surface area contributed by atoms with E-state index in [1.807, 2.05) is 35.1 Å². The van der Waals surface area contributed by atoms with Crippen LogP contribution < -0.4 is 4.90 Å². The Morgan fingerprint density at radius 1 is 1.06 bits per heavy atom. The quantitative estimate of drug-likeness (QED) is 0.503. The molecule has 0 N–H and O–H groups in total. The molecule has 1 aliphatic rings. The van der Waals surface area contributed by atoms with Gasteiger partial charge in [-0.15, -0.1) is 0 Å². The second kappa shape index (κ2) is 10.1. The number of hydrogen-bond donors (Lipinski definition) is 0. The van der Waals surface area contributed by atoms with Crippen LogP contribution in [-0.2, 0) is 4.74 Å². The number of anilines is 1. The molecular formula is C24H32N6O2. The van der Waals surface area contributed by atoms with Crippen LogP contribution in [0.5, 0.6) is 0 Å². The third-order valence-corrected chi connectivity index (χ3v) is 6.32. The average Bonchev–Trinajstić information content (AvgIpc) is 3.29. The Balaban J connectivity index is 1.48. The van der Waals surface area contributed by atoms with Crippen molar-refractivity contribution in [3.8, 4) is 11.1 Å². The molecule has 0 amide bonds. The van der Waals surface area contributed by atoms with Crippen LogP contribution in [0.2, 0.25) is 0 Å². The molecule has 170 valence electrons. The second-order valence-electron chi connectivity index (χ2n) is 8.02. The predicted molar refractivity (Wildman–Crippen MR) is 126 cm³/mol. The van der Waals surface area contributed by atoms with E-state index < -0.39 is 0 Å². The summed E-state index contributed by atoms with van der Waals surface area (Å²) in [5, 5.41) is 4.65. The molecule has 8 nitrogen and oxygen atoms in total. The third-order valence-electron chi connectivity index (χ3n) is 6.32. The van der Waals surface area contributed by atoms with E-state index in [1.54, 1.807) is 12.1 Å². The summed E-state index contributed by atoms with van der Waals surface area (Å²) in [6.45, 7) is 13.0. The van der Waals surface area contributed by atoms with Crippen molar-refractivity contribution in [1.29, 1.82) is 0 Å². The number of likely N-dealkylation sites (N-methyl/N-ethyl adjacent to an activating group) is 1. The Kier molecular flexibility index (Phi) is 7.02. The van der Waals surface area contributed by atoms with E-state index >= 15 is 0 Å². The first-order chi connectivity index (χ1) is 15.6. The normalized spacial score (nSPS) is 14.9. The molecule has 32 heavy (non-hydrogen) atoms. The van der Waals surface area contributed by atoms with Crippen LogP contribution in [0.1, 0.15) is 24.2 Å². The molecule has 3 heterocycles. The van der Waals surface area contributed by atoms with Crippen LogP contribution in [-0.4, -0.2) is 89.8 Å². The number of fused-ring (bicyclic) bond motifs is 1. The van der Waals surface area contributed by atoms with Crippen LogP contribution in [0.3, 0.4) is 0 Å². The number of benzene rings is 1. The fourth-order valence-electron chi connectivity index (χ4n) is 4.25. The number of aromatic nitrogens is 3. The van der Waals surface area contributed by atoms with E-state index in [2.05, 4.69) is 38.6 Å². The molecule has 0 unspecified atom stereocenters. The van der Waals surface area contributed by atoms with E-state index in [9.17, 15) is 4.79 Å². The first-order valence-electron chi connectivity index (χ1n) is 11.4. The number of methoxy groups -OCH3 is 1. The van der Waals surface area contributed by atoms with Gasteiger partial charge in [0.1, 0.15) is 5.82 Å². The molecule has 0 radical (unpaired) electrons. The summed E-state index contributed by atoms with van der Waals surface area (Å²) >= 11 is 0. The molecule has 1 saturated heterocycles. The molecule has 0 saturated carbocycles. The first-order valence-corrected chi connectivity index (χ1v) is 11.4. The van der Waals surface area contributed by atoms with Gasteiger partial charge in [-0.2, -0.15) is 9.61 Å². The van der Waals surface area contributed by atoms with Crippen molar-refractivity contribution in [3.05, 3.63) is 48.3 Å². The maximum atomic E-state index is 11.7. The van der Waals surface area contributed by atoms with Crippen LogP contribution in [0.25, 0.3) is 16.8 Å². The number of nitrogens with zero attached hydrogens (tertiary/aromatic N) is 6. The van der Waals surface area contributed by atoms with Crippen molar-refractivity contribution in [2.45, 2.75) is 13.8 Å². The maximum absolute atomic E-state index is 11.7. The summed E-state index contributed by atoms with van der Waals surface area (Å²) in [5.74, 6) is 0.726. The monoisotopic (exact) mass is 436 g/mol. The summed E-state index contributed by atoms with van der Waals surface area (Å²) in [7, 11) is 1.39. The number of esters is 1. The molecule has 3 aromatic rings. The molecule has 0 atom stereocenters.